The molecule has 196 valence electrons. The van der Waals surface area contributed by atoms with Crippen molar-refractivity contribution in [3.8, 4) is 0 Å². The second-order valence-corrected chi connectivity index (χ2v) is 12.0. The normalized spacial score (nSPS) is 14.9. The molecule has 2 amide bonds. The van der Waals surface area contributed by atoms with Crippen molar-refractivity contribution in [2.45, 2.75) is 64.6 Å². The lowest BCUT2D eigenvalue weighted by molar-refractivity contribution is -0.140. The van der Waals surface area contributed by atoms with Crippen LogP contribution in [0.25, 0.3) is 0 Å². The van der Waals surface area contributed by atoms with Gasteiger partial charge in [-0.15, -0.1) is 0 Å². The Bertz CT molecular complexity index is 1160. The SMILES string of the molecule is CCC(C(=O)NC1CCCC1)N(Cc1c(Cl)cccc1Cl)C(=O)CN(c1ccc(C)cc1)S(C)(=O)=O. The van der Waals surface area contributed by atoms with E-state index in [0.717, 1.165) is 41.8 Å². The van der Waals surface area contributed by atoms with Crippen molar-refractivity contribution in [2.75, 3.05) is 17.1 Å². The maximum absolute atomic E-state index is 13.8. The highest BCUT2D eigenvalue weighted by molar-refractivity contribution is 7.92. The lowest BCUT2D eigenvalue weighted by Crippen LogP contribution is -2.53. The molecule has 1 saturated carbocycles. The third-order valence-electron chi connectivity index (χ3n) is 6.48. The van der Waals surface area contributed by atoms with Crippen LogP contribution in [0.4, 0.5) is 5.69 Å². The van der Waals surface area contributed by atoms with E-state index in [1.807, 2.05) is 13.8 Å². The summed E-state index contributed by atoms with van der Waals surface area (Å²) in [5.41, 5.74) is 1.83. The second kappa shape index (κ2) is 12.3. The zero-order valence-electron chi connectivity index (χ0n) is 20.8. The first kappa shape index (κ1) is 28.3. The summed E-state index contributed by atoms with van der Waals surface area (Å²) in [6.45, 7) is 3.22. The van der Waals surface area contributed by atoms with Crippen molar-refractivity contribution in [3.05, 3.63) is 63.6 Å². The molecule has 1 unspecified atom stereocenters. The average molecular weight is 555 g/mol. The molecular weight excluding hydrogens is 521 g/mol. The third kappa shape index (κ3) is 7.14. The van der Waals surface area contributed by atoms with Gasteiger partial charge >= 0.3 is 0 Å². The number of nitrogens with one attached hydrogen (secondary N) is 1. The van der Waals surface area contributed by atoms with Crippen LogP contribution in [-0.2, 0) is 26.2 Å². The Kier molecular flexibility index (Phi) is 9.66. The molecule has 0 saturated heterocycles. The standard InChI is InChI=1S/C26H33Cl2N3O4S/c1-4-24(26(33)29-19-8-5-6-9-19)30(16-21-22(27)10-7-11-23(21)28)25(32)17-31(36(3,34)35)20-14-12-18(2)13-15-20/h7,10-15,19,24H,4-6,8-9,16-17H2,1-3H3,(H,29,33). The highest BCUT2D eigenvalue weighted by Gasteiger charge is 2.33. The molecule has 1 aliphatic carbocycles. The number of hydrogen-bond acceptors (Lipinski definition) is 4. The van der Waals surface area contributed by atoms with Crippen LogP contribution in [-0.4, -0.2) is 50.0 Å². The average Bonchev–Trinajstić information content (AvgIpc) is 3.32. The van der Waals surface area contributed by atoms with E-state index in [2.05, 4.69) is 5.32 Å². The zero-order chi connectivity index (χ0) is 26.5. The van der Waals surface area contributed by atoms with Gasteiger partial charge in [0.15, 0.2) is 0 Å². The first-order valence-electron chi connectivity index (χ1n) is 12.1. The van der Waals surface area contributed by atoms with Crippen LogP contribution >= 0.6 is 23.2 Å². The Labute approximate surface area is 223 Å². The minimum Gasteiger partial charge on any atom is -0.352 e. The van der Waals surface area contributed by atoms with Gasteiger partial charge in [0.25, 0.3) is 0 Å². The highest BCUT2D eigenvalue weighted by atomic mass is 35.5. The molecule has 1 atom stereocenters. The Morgan fingerprint density at radius 1 is 1.06 bits per heavy atom. The van der Waals surface area contributed by atoms with E-state index in [1.54, 1.807) is 42.5 Å². The predicted molar refractivity (Wildman–Crippen MR) is 145 cm³/mol. The number of amides is 2. The van der Waals surface area contributed by atoms with Gasteiger partial charge in [0.05, 0.1) is 11.9 Å². The monoisotopic (exact) mass is 553 g/mol. The van der Waals surface area contributed by atoms with Crippen molar-refractivity contribution >= 4 is 50.7 Å². The van der Waals surface area contributed by atoms with Crippen molar-refractivity contribution in [1.29, 1.82) is 0 Å². The smallest absolute Gasteiger partial charge is 0.244 e. The number of carbonyl (C=O) groups excluding carboxylic acids is 2. The van der Waals surface area contributed by atoms with Gasteiger partial charge in [0, 0.05) is 28.2 Å². The molecule has 0 aliphatic heterocycles. The number of anilines is 1. The molecule has 1 aliphatic rings. The molecule has 2 aromatic carbocycles. The number of carbonyl (C=O) groups is 2. The number of sulfonamides is 1. The third-order valence-corrected chi connectivity index (χ3v) is 8.33. The molecule has 10 heteroatoms. The molecule has 36 heavy (non-hydrogen) atoms. The molecule has 1 N–H and O–H groups in total. The summed E-state index contributed by atoms with van der Waals surface area (Å²) >= 11 is 12.8. The summed E-state index contributed by atoms with van der Waals surface area (Å²) in [4.78, 5) is 28.5. The number of halogens is 2. The van der Waals surface area contributed by atoms with Crippen LogP contribution in [0.5, 0.6) is 0 Å². The fourth-order valence-corrected chi connectivity index (χ4v) is 5.83. The Hall–Kier alpha value is -2.29. The number of aryl methyl sites for hydroxylation is 1. The van der Waals surface area contributed by atoms with Gasteiger partial charge in [-0.1, -0.05) is 66.7 Å². The lowest BCUT2D eigenvalue weighted by Gasteiger charge is -2.33. The summed E-state index contributed by atoms with van der Waals surface area (Å²) in [5, 5.41) is 3.80. The Morgan fingerprint density at radius 2 is 1.64 bits per heavy atom. The highest BCUT2D eigenvalue weighted by Crippen LogP contribution is 2.28. The Balaban J connectivity index is 1.96. The largest absolute Gasteiger partial charge is 0.352 e. The number of rotatable bonds is 10. The van der Waals surface area contributed by atoms with Crippen LogP contribution in [0.15, 0.2) is 42.5 Å². The molecule has 3 rings (SSSR count). The van der Waals surface area contributed by atoms with Crippen LogP contribution in [0.2, 0.25) is 10.0 Å². The summed E-state index contributed by atoms with van der Waals surface area (Å²) in [6, 6.07) is 11.2. The summed E-state index contributed by atoms with van der Waals surface area (Å²) in [7, 11) is -3.79. The molecule has 0 aromatic heterocycles. The van der Waals surface area contributed by atoms with E-state index in [1.165, 1.54) is 4.90 Å². The lowest BCUT2D eigenvalue weighted by atomic mass is 10.1. The van der Waals surface area contributed by atoms with Gasteiger partial charge in [0.1, 0.15) is 12.6 Å². The van der Waals surface area contributed by atoms with Gasteiger partial charge in [-0.25, -0.2) is 8.42 Å². The Morgan fingerprint density at radius 3 is 2.17 bits per heavy atom. The molecule has 0 radical (unpaired) electrons. The first-order chi connectivity index (χ1) is 17.0. The topological polar surface area (TPSA) is 86.8 Å². The van der Waals surface area contributed by atoms with Crippen LogP contribution in [0.3, 0.4) is 0 Å². The number of benzene rings is 2. The summed E-state index contributed by atoms with van der Waals surface area (Å²) in [5.74, 6) is -0.785. The van der Waals surface area contributed by atoms with Crippen LogP contribution < -0.4 is 9.62 Å². The first-order valence-corrected chi connectivity index (χ1v) is 14.7. The van der Waals surface area contributed by atoms with Gasteiger partial charge in [-0.05, 0) is 50.5 Å². The summed E-state index contributed by atoms with van der Waals surface area (Å²) < 4.78 is 26.4. The number of hydrogen-bond donors (Lipinski definition) is 1. The fourth-order valence-electron chi connectivity index (χ4n) is 4.47. The quantitative estimate of drug-likeness (QED) is 0.451. The predicted octanol–water partition coefficient (Wildman–Crippen LogP) is 4.93. The van der Waals surface area contributed by atoms with E-state index >= 15 is 0 Å². The van der Waals surface area contributed by atoms with Crippen molar-refractivity contribution < 1.29 is 18.0 Å². The van der Waals surface area contributed by atoms with Crippen molar-refractivity contribution in [2.24, 2.45) is 0 Å². The molecular formula is C26H33Cl2N3O4S. The van der Waals surface area contributed by atoms with Crippen LogP contribution in [0, 0.1) is 6.92 Å². The minimum atomic E-state index is -3.79. The minimum absolute atomic E-state index is 0.0283. The van der Waals surface area contributed by atoms with E-state index in [9.17, 15) is 18.0 Å². The van der Waals surface area contributed by atoms with Gasteiger partial charge in [-0.3, -0.25) is 13.9 Å². The molecule has 2 aromatic rings. The second-order valence-electron chi connectivity index (χ2n) is 9.24. The van der Waals surface area contributed by atoms with E-state index in [-0.39, 0.29) is 18.5 Å². The van der Waals surface area contributed by atoms with E-state index < -0.39 is 28.5 Å². The van der Waals surface area contributed by atoms with Gasteiger partial charge in [-0.2, -0.15) is 0 Å². The molecule has 0 heterocycles. The van der Waals surface area contributed by atoms with Crippen molar-refractivity contribution in [3.63, 3.8) is 0 Å². The molecule has 0 bridgehead atoms. The number of nitrogens with zero attached hydrogens (tertiary/aromatic N) is 2. The van der Waals surface area contributed by atoms with E-state index in [4.69, 9.17) is 23.2 Å². The molecule has 1 fully saturated rings. The summed E-state index contributed by atoms with van der Waals surface area (Å²) in [6.07, 6.45) is 5.32. The fraction of sp³-hybridized carbons (Fsp3) is 0.462. The van der Waals surface area contributed by atoms with Crippen molar-refractivity contribution in [1.82, 2.24) is 10.2 Å². The van der Waals surface area contributed by atoms with Gasteiger partial charge < -0.3 is 10.2 Å². The van der Waals surface area contributed by atoms with Gasteiger partial charge in [0.2, 0.25) is 21.8 Å². The van der Waals surface area contributed by atoms with Crippen LogP contribution in [0.1, 0.15) is 50.2 Å². The molecule has 7 nitrogen and oxygen atoms in total. The maximum Gasteiger partial charge on any atom is 0.244 e. The maximum atomic E-state index is 13.8. The van der Waals surface area contributed by atoms with E-state index in [0.29, 0.717) is 27.7 Å². The molecule has 0 spiro atoms. The zero-order valence-corrected chi connectivity index (χ0v) is 23.2.